The molecule has 37 heavy (non-hydrogen) atoms. The Hall–Kier alpha value is -3.77. The number of benzene rings is 2. The Kier molecular flexibility index (Phi) is 7.60. The van der Waals surface area contributed by atoms with Crippen LogP contribution in [0.2, 0.25) is 5.02 Å². The molecule has 1 amide bonds. The van der Waals surface area contributed by atoms with Crippen LogP contribution < -0.4 is 14.2 Å². The van der Waals surface area contributed by atoms with Gasteiger partial charge in [0.1, 0.15) is 22.9 Å². The summed E-state index contributed by atoms with van der Waals surface area (Å²) in [5, 5.41) is 11.3. The number of nitrogens with zero attached hydrogens (tertiary/aromatic N) is 2. The molecule has 2 heterocycles. The summed E-state index contributed by atoms with van der Waals surface area (Å²) in [6.45, 7) is 5.14. The third-order valence-corrected chi connectivity index (χ3v) is 6.23. The highest BCUT2D eigenvalue weighted by Gasteiger charge is 2.24. The third-order valence-electron chi connectivity index (χ3n) is 4.75. The van der Waals surface area contributed by atoms with E-state index in [-0.39, 0.29) is 35.4 Å². The van der Waals surface area contributed by atoms with Crippen molar-refractivity contribution < 1.29 is 35.9 Å². The highest BCUT2D eigenvalue weighted by atomic mass is 35.5. The molecule has 4 rings (SSSR count). The highest BCUT2D eigenvalue weighted by Crippen LogP contribution is 2.28. The summed E-state index contributed by atoms with van der Waals surface area (Å²) in [6.07, 6.45) is -0.617. The van der Waals surface area contributed by atoms with Crippen molar-refractivity contribution in [1.82, 2.24) is 15.6 Å². The van der Waals surface area contributed by atoms with E-state index < -0.39 is 27.9 Å². The number of halogens is 1. The summed E-state index contributed by atoms with van der Waals surface area (Å²) in [4.78, 5) is 12.4. The van der Waals surface area contributed by atoms with Crippen LogP contribution in [0, 0.1) is 0 Å². The number of rotatable bonds is 9. The van der Waals surface area contributed by atoms with Gasteiger partial charge in [-0.1, -0.05) is 29.8 Å². The van der Waals surface area contributed by atoms with Crippen LogP contribution in [-0.2, 0) is 21.3 Å². The predicted molar refractivity (Wildman–Crippen MR) is 132 cm³/mol. The summed E-state index contributed by atoms with van der Waals surface area (Å²) in [5.74, 6) is 0.160. The topological polar surface area (TPSA) is 143 Å². The van der Waals surface area contributed by atoms with E-state index in [1.54, 1.807) is 57.2 Å². The summed E-state index contributed by atoms with van der Waals surface area (Å²) in [7, 11) is -4.10. The number of hydrogen-bond donors (Lipinski definition) is 1. The van der Waals surface area contributed by atoms with Gasteiger partial charge in [0, 0.05) is 17.5 Å². The zero-order valence-corrected chi connectivity index (χ0v) is 21.7. The molecule has 0 bridgehead atoms. The van der Waals surface area contributed by atoms with E-state index in [0.717, 1.165) is 0 Å². The number of carbonyl (C=O) groups is 1. The second kappa shape index (κ2) is 10.7. The lowest BCUT2D eigenvalue weighted by molar-refractivity contribution is 0.0484. The monoisotopic (exact) mass is 549 g/mol. The Bertz CT molecular complexity index is 1480. The fraction of sp³-hybridized carbons (Fsp3) is 0.292. The highest BCUT2D eigenvalue weighted by molar-refractivity contribution is 7.87. The molecular weight excluding hydrogens is 526 g/mol. The number of fused-ring (bicyclic) bond motifs is 1. The molecule has 2 aromatic heterocycles. The molecule has 0 radical (unpaired) electrons. The van der Waals surface area contributed by atoms with Crippen molar-refractivity contribution in [2.75, 3.05) is 6.61 Å². The van der Waals surface area contributed by atoms with Gasteiger partial charge >= 0.3 is 16.2 Å². The van der Waals surface area contributed by atoms with E-state index >= 15 is 0 Å². The first-order valence-electron chi connectivity index (χ1n) is 11.1. The minimum absolute atomic E-state index is 0.0302. The van der Waals surface area contributed by atoms with Gasteiger partial charge in [-0.15, -0.1) is 0 Å². The molecular formula is C24H24ClN3O8S. The fourth-order valence-electron chi connectivity index (χ4n) is 3.22. The van der Waals surface area contributed by atoms with Gasteiger partial charge in [-0.3, -0.25) is 0 Å². The summed E-state index contributed by atoms with van der Waals surface area (Å²) in [5.41, 5.74) is -0.249. The first-order valence-corrected chi connectivity index (χ1v) is 12.9. The molecule has 2 aromatic carbocycles. The minimum Gasteiger partial charge on any atom is -0.473 e. The van der Waals surface area contributed by atoms with Gasteiger partial charge in [-0.2, -0.15) is 8.42 Å². The zero-order chi connectivity index (χ0) is 26.6. The van der Waals surface area contributed by atoms with Crippen molar-refractivity contribution in [2.24, 2.45) is 0 Å². The predicted octanol–water partition coefficient (Wildman–Crippen LogP) is 4.75. The minimum atomic E-state index is -4.10. The van der Waals surface area contributed by atoms with Crippen molar-refractivity contribution in [2.45, 2.75) is 43.7 Å². The van der Waals surface area contributed by atoms with E-state index in [0.29, 0.717) is 16.0 Å². The molecule has 0 spiro atoms. The molecule has 11 nitrogen and oxygen atoms in total. The van der Waals surface area contributed by atoms with Crippen LogP contribution >= 0.6 is 11.6 Å². The number of ether oxygens (including phenoxy) is 2. The number of hydrogen-bond acceptors (Lipinski definition) is 10. The van der Waals surface area contributed by atoms with Crippen molar-refractivity contribution in [3.8, 4) is 11.8 Å². The number of alkyl carbamates (subject to hydrolysis) is 1. The van der Waals surface area contributed by atoms with E-state index in [4.69, 9.17) is 34.3 Å². The van der Waals surface area contributed by atoms with E-state index in [1.165, 1.54) is 18.2 Å². The Balaban J connectivity index is 1.48. The second-order valence-corrected chi connectivity index (χ2v) is 11.0. The molecule has 0 fully saturated rings. The zero-order valence-electron chi connectivity index (χ0n) is 20.1. The summed E-state index contributed by atoms with van der Waals surface area (Å²) in [6, 6.07) is 13.2. The first kappa shape index (κ1) is 26.3. The van der Waals surface area contributed by atoms with Gasteiger partial charge in [0.15, 0.2) is 5.58 Å². The van der Waals surface area contributed by atoms with Gasteiger partial charge in [0.05, 0.1) is 11.4 Å². The molecule has 1 unspecified atom stereocenters. The standard InChI is InChI=1S/C24H24ClN3O8S/c1-24(2,3)33-23(29)26-16(14-32-22-19-11-15(25)9-10-20(19)35-28-22)12-17-13-21(27-34-17)36-37(30,31)18-7-5-4-6-8-18/h4-11,13,16H,12,14H2,1-3H3,(H,26,29). The number of aromatic nitrogens is 2. The second-order valence-electron chi connectivity index (χ2n) is 8.97. The van der Waals surface area contributed by atoms with Crippen LogP contribution in [0.15, 0.2) is 68.5 Å². The number of amides is 1. The van der Waals surface area contributed by atoms with Gasteiger partial charge < -0.3 is 28.0 Å². The molecule has 0 aliphatic carbocycles. The SMILES string of the molecule is CC(C)(C)OC(=O)NC(COc1noc2ccc(Cl)cc12)Cc1cc(OS(=O)(=O)c2ccccc2)no1. The maximum atomic E-state index is 12.5. The molecule has 0 saturated carbocycles. The smallest absolute Gasteiger partial charge is 0.408 e. The van der Waals surface area contributed by atoms with Crippen LogP contribution in [0.1, 0.15) is 26.5 Å². The Morgan fingerprint density at radius 2 is 1.84 bits per heavy atom. The Labute approximate surface area is 217 Å². The van der Waals surface area contributed by atoms with E-state index in [9.17, 15) is 13.2 Å². The van der Waals surface area contributed by atoms with Crippen molar-refractivity contribution in [3.05, 3.63) is 65.4 Å². The molecule has 1 atom stereocenters. The maximum absolute atomic E-state index is 12.5. The van der Waals surface area contributed by atoms with E-state index in [1.807, 2.05) is 0 Å². The summed E-state index contributed by atoms with van der Waals surface area (Å²) >= 11 is 6.06. The Morgan fingerprint density at radius 1 is 1.08 bits per heavy atom. The van der Waals surface area contributed by atoms with E-state index in [2.05, 4.69) is 15.6 Å². The molecule has 0 saturated heterocycles. The quantitative estimate of drug-likeness (QED) is 0.290. The normalized spacial score (nSPS) is 12.8. The van der Waals surface area contributed by atoms with Crippen molar-refractivity contribution >= 4 is 38.8 Å². The lowest BCUT2D eigenvalue weighted by Crippen LogP contribution is -2.43. The van der Waals surface area contributed by atoms with Crippen LogP contribution in [-0.4, -0.2) is 43.1 Å². The van der Waals surface area contributed by atoms with Gasteiger partial charge in [0.2, 0.25) is 0 Å². The molecule has 4 aromatic rings. The molecule has 196 valence electrons. The maximum Gasteiger partial charge on any atom is 0.408 e. The van der Waals surface area contributed by atoms with Crippen LogP contribution in [0.5, 0.6) is 11.8 Å². The van der Waals surface area contributed by atoms with Gasteiger partial charge in [0.25, 0.3) is 11.8 Å². The molecule has 0 aliphatic heterocycles. The lowest BCUT2D eigenvalue weighted by atomic mass is 10.2. The molecule has 0 aliphatic rings. The average Bonchev–Trinajstić information content (AvgIpc) is 3.42. The molecule has 13 heteroatoms. The fourth-order valence-corrected chi connectivity index (χ4v) is 4.28. The van der Waals surface area contributed by atoms with Gasteiger partial charge in [-0.05, 0) is 61.4 Å². The van der Waals surface area contributed by atoms with Crippen LogP contribution in [0.4, 0.5) is 4.79 Å². The first-order chi connectivity index (χ1) is 17.5. The van der Waals surface area contributed by atoms with Crippen LogP contribution in [0.25, 0.3) is 11.0 Å². The van der Waals surface area contributed by atoms with Crippen molar-refractivity contribution in [3.63, 3.8) is 0 Å². The van der Waals surface area contributed by atoms with Gasteiger partial charge in [-0.25, -0.2) is 4.79 Å². The largest absolute Gasteiger partial charge is 0.473 e. The summed E-state index contributed by atoms with van der Waals surface area (Å²) < 4.78 is 51.6. The lowest BCUT2D eigenvalue weighted by Gasteiger charge is -2.23. The van der Waals surface area contributed by atoms with Crippen LogP contribution in [0.3, 0.4) is 0 Å². The average molecular weight is 550 g/mol. The Morgan fingerprint density at radius 3 is 2.57 bits per heavy atom. The third kappa shape index (κ3) is 7.14. The number of nitrogens with one attached hydrogen (secondary N) is 1. The van der Waals surface area contributed by atoms with Crippen molar-refractivity contribution in [1.29, 1.82) is 0 Å². The number of carbonyl (C=O) groups excluding carboxylic acids is 1. The molecule has 1 N–H and O–H groups in total.